The van der Waals surface area contributed by atoms with E-state index < -0.39 is 5.91 Å². The molecule has 0 spiro atoms. The van der Waals surface area contributed by atoms with Gasteiger partial charge < -0.3 is 9.73 Å². The predicted molar refractivity (Wildman–Crippen MR) is 54.7 cm³/mol. The number of hydrogen-bond donors (Lipinski definition) is 2. The summed E-state index contributed by atoms with van der Waals surface area (Å²) >= 11 is 0. The van der Waals surface area contributed by atoms with Crippen molar-refractivity contribution in [1.82, 2.24) is 10.2 Å². The average Bonchev–Trinajstić information content (AvgIpc) is 2.86. The van der Waals surface area contributed by atoms with Crippen LogP contribution in [0.2, 0.25) is 0 Å². The number of aromatic nitrogens is 2. The summed E-state index contributed by atoms with van der Waals surface area (Å²) in [4.78, 5) is 11.6. The Morgan fingerprint density at radius 1 is 1.62 bits per heavy atom. The monoisotopic (exact) mass is 216 g/mol. The van der Waals surface area contributed by atoms with E-state index in [0.717, 1.165) is 0 Å². The number of aryl methyl sites for hydroxylation is 1. The number of carbonyl (C=O) groups excluding carboxylic acids is 1. The second kappa shape index (κ2) is 3.90. The molecule has 2 rings (SSSR count). The highest BCUT2D eigenvalue weighted by molar-refractivity contribution is 6.02. The molecule has 2 N–H and O–H groups in total. The molecular formula is C10H8N4O2. The van der Waals surface area contributed by atoms with Crippen LogP contribution >= 0.6 is 0 Å². The largest absolute Gasteiger partial charge is 0.456 e. The van der Waals surface area contributed by atoms with Gasteiger partial charge in [0.1, 0.15) is 23.2 Å². The standard InChI is InChI=1S/C10H8N4O2/c1-6-2-3-8(16-6)10(15)13-9-7(4-11)5-12-14-9/h2-3,5H,1H3,(H2,12,13,14,15). The summed E-state index contributed by atoms with van der Waals surface area (Å²) in [6.45, 7) is 1.74. The van der Waals surface area contributed by atoms with E-state index in [4.69, 9.17) is 9.68 Å². The molecule has 6 nitrogen and oxygen atoms in total. The second-order valence-electron chi connectivity index (χ2n) is 3.13. The van der Waals surface area contributed by atoms with Gasteiger partial charge in [0, 0.05) is 0 Å². The number of nitriles is 1. The minimum absolute atomic E-state index is 0.191. The lowest BCUT2D eigenvalue weighted by molar-refractivity contribution is 0.0995. The number of aromatic amines is 1. The van der Waals surface area contributed by atoms with Crippen molar-refractivity contribution < 1.29 is 9.21 Å². The van der Waals surface area contributed by atoms with Crippen molar-refractivity contribution >= 4 is 11.7 Å². The zero-order valence-electron chi connectivity index (χ0n) is 8.44. The number of furan rings is 1. The molecule has 0 aliphatic heterocycles. The third-order valence-corrected chi connectivity index (χ3v) is 1.96. The Hall–Kier alpha value is -2.55. The van der Waals surface area contributed by atoms with Gasteiger partial charge in [-0.1, -0.05) is 0 Å². The fourth-order valence-corrected chi connectivity index (χ4v) is 1.20. The van der Waals surface area contributed by atoms with E-state index in [1.165, 1.54) is 6.20 Å². The van der Waals surface area contributed by atoms with E-state index in [1.807, 2.05) is 6.07 Å². The van der Waals surface area contributed by atoms with E-state index in [9.17, 15) is 4.79 Å². The van der Waals surface area contributed by atoms with E-state index >= 15 is 0 Å². The van der Waals surface area contributed by atoms with Crippen LogP contribution in [0.15, 0.2) is 22.7 Å². The Balaban J connectivity index is 2.17. The van der Waals surface area contributed by atoms with Crippen LogP contribution in [0.5, 0.6) is 0 Å². The molecule has 0 aliphatic rings. The van der Waals surface area contributed by atoms with Crippen molar-refractivity contribution in [2.24, 2.45) is 0 Å². The van der Waals surface area contributed by atoms with Crippen LogP contribution in [0.1, 0.15) is 21.9 Å². The summed E-state index contributed by atoms with van der Waals surface area (Å²) in [6.07, 6.45) is 1.34. The highest BCUT2D eigenvalue weighted by Gasteiger charge is 2.13. The van der Waals surface area contributed by atoms with Crippen LogP contribution < -0.4 is 5.32 Å². The molecule has 0 aliphatic carbocycles. The van der Waals surface area contributed by atoms with Crippen LogP contribution in [0.25, 0.3) is 0 Å². The number of rotatable bonds is 2. The van der Waals surface area contributed by atoms with E-state index in [1.54, 1.807) is 19.1 Å². The third-order valence-electron chi connectivity index (χ3n) is 1.96. The molecule has 2 heterocycles. The molecule has 0 saturated heterocycles. The van der Waals surface area contributed by atoms with Gasteiger partial charge in [0.25, 0.3) is 5.91 Å². The van der Waals surface area contributed by atoms with Gasteiger partial charge in [0.05, 0.1) is 6.20 Å². The molecule has 2 aromatic rings. The topological polar surface area (TPSA) is 94.7 Å². The lowest BCUT2D eigenvalue weighted by atomic mass is 10.3. The molecule has 0 unspecified atom stereocenters. The van der Waals surface area contributed by atoms with Crippen molar-refractivity contribution in [1.29, 1.82) is 5.26 Å². The number of amides is 1. The zero-order chi connectivity index (χ0) is 11.5. The lowest BCUT2D eigenvalue weighted by Gasteiger charge is -1.99. The summed E-state index contributed by atoms with van der Waals surface area (Å²) in [5.41, 5.74) is 0.275. The number of H-pyrrole nitrogens is 1. The molecule has 0 atom stereocenters. The van der Waals surface area contributed by atoms with Crippen LogP contribution in [0, 0.1) is 18.3 Å². The highest BCUT2D eigenvalue weighted by atomic mass is 16.3. The summed E-state index contributed by atoms with van der Waals surface area (Å²) in [5, 5.41) is 17.4. The van der Waals surface area contributed by atoms with Crippen LogP contribution in [0.4, 0.5) is 5.82 Å². The van der Waals surface area contributed by atoms with Gasteiger partial charge in [-0.25, -0.2) is 0 Å². The summed E-state index contributed by atoms with van der Waals surface area (Å²) < 4.78 is 5.14. The van der Waals surface area contributed by atoms with Gasteiger partial charge in [-0.2, -0.15) is 10.4 Å². The van der Waals surface area contributed by atoms with Gasteiger partial charge >= 0.3 is 0 Å². The normalized spacial score (nSPS) is 9.75. The first kappa shape index (κ1) is 9.98. The number of anilines is 1. The van der Waals surface area contributed by atoms with Gasteiger partial charge in [-0.3, -0.25) is 9.89 Å². The number of nitrogens with zero attached hydrogens (tertiary/aromatic N) is 2. The Morgan fingerprint density at radius 3 is 3.06 bits per heavy atom. The van der Waals surface area contributed by atoms with Crippen LogP contribution in [0.3, 0.4) is 0 Å². The van der Waals surface area contributed by atoms with E-state index in [-0.39, 0.29) is 17.1 Å². The Kier molecular flexibility index (Phi) is 2.44. The fraction of sp³-hybridized carbons (Fsp3) is 0.100. The van der Waals surface area contributed by atoms with Crippen molar-refractivity contribution in [3.05, 3.63) is 35.4 Å². The maximum absolute atomic E-state index is 11.6. The molecule has 1 amide bonds. The number of nitrogens with one attached hydrogen (secondary N) is 2. The van der Waals surface area contributed by atoms with Gasteiger partial charge in [0.15, 0.2) is 5.76 Å². The first-order valence-corrected chi connectivity index (χ1v) is 4.52. The number of carbonyl (C=O) groups is 1. The molecule has 6 heteroatoms. The van der Waals surface area contributed by atoms with Gasteiger partial charge in [-0.05, 0) is 19.1 Å². The molecule has 2 aromatic heterocycles. The maximum Gasteiger partial charge on any atom is 0.292 e. The SMILES string of the molecule is Cc1ccc(C(=O)Nc2[nH]ncc2C#N)o1. The first-order valence-electron chi connectivity index (χ1n) is 4.52. The Bertz CT molecular complexity index is 561. The molecule has 0 saturated carbocycles. The van der Waals surface area contributed by atoms with Crippen molar-refractivity contribution in [2.45, 2.75) is 6.92 Å². The Labute approximate surface area is 90.9 Å². The predicted octanol–water partition coefficient (Wildman–Crippen LogP) is 1.44. The minimum atomic E-state index is -0.422. The summed E-state index contributed by atoms with van der Waals surface area (Å²) in [6, 6.07) is 5.15. The van der Waals surface area contributed by atoms with E-state index in [0.29, 0.717) is 5.76 Å². The van der Waals surface area contributed by atoms with Crippen molar-refractivity contribution in [2.75, 3.05) is 5.32 Å². The molecule has 80 valence electrons. The lowest BCUT2D eigenvalue weighted by Crippen LogP contribution is -2.12. The average molecular weight is 216 g/mol. The van der Waals surface area contributed by atoms with Gasteiger partial charge in [0.2, 0.25) is 0 Å². The zero-order valence-corrected chi connectivity index (χ0v) is 8.44. The summed E-state index contributed by atoms with van der Waals surface area (Å²) in [5.74, 6) is 0.682. The quantitative estimate of drug-likeness (QED) is 0.793. The Morgan fingerprint density at radius 2 is 2.44 bits per heavy atom. The minimum Gasteiger partial charge on any atom is -0.456 e. The third kappa shape index (κ3) is 1.79. The van der Waals surface area contributed by atoms with Crippen molar-refractivity contribution in [3.63, 3.8) is 0 Å². The molecule has 0 radical (unpaired) electrons. The second-order valence-corrected chi connectivity index (χ2v) is 3.13. The first-order chi connectivity index (χ1) is 7.70. The molecule has 0 aromatic carbocycles. The number of hydrogen-bond acceptors (Lipinski definition) is 4. The van der Waals surface area contributed by atoms with Crippen LogP contribution in [-0.2, 0) is 0 Å². The van der Waals surface area contributed by atoms with E-state index in [2.05, 4.69) is 15.5 Å². The fourth-order valence-electron chi connectivity index (χ4n) is 1.20. The molecule has 0 fully saturated rings. The van der Waals surface area contributed by atoms with Crippen molar-refractivity contribution in [3.8, 4) is 6.07 Å². The molecular weight excluding hydrogens is 208 g/mol. The van der Waals surface area contributed by atoms with Crippen LogP contribution in [-0.4, -0.2) is 16.1 Å². The van der Waals surface area contributed by atoms with Gasteiger partial charge in [-0.15, -0.1) is 0 Å². The summed E-state index contributed by atoms with van der Waals surface area (Å²) in [7, 11) is 0. The molecule has 16 heavy (non-hydrogen) atoms. The maximum atomic E-state index is 11.6. The molecule has 0 bridgehead atoms. The smallest absolute Gasteiger partial charge is 0.292 e. The highest BCUT2D eigenvalue weighted by Crippen LogP contribution is 2.12.